The third-order valence-electron chi connectivity index (χ3n) is 1.92. The number of nitrogens with zero attached hydrogens (tertiary/aromatic N) is 1. The molecule has 0 N–H and O–H groups in total. The smallest absolute Gasteiger partial charge is 0.255 e. The van der Waals surface area contributed by atoms with Gasteiger partial charge in [-0.1, -0.05) is 15.9 Å². The molecule has 2 nitrogen and oxygen atoms in total. The lowest BCUT2D eigenvalue weighted by atomic mass is 10.2. The molecule has 0 aromatic heterocycles. The Labute approximate surface area is 109 Å². The molecule has 16 heavy (non-hydrogen) atoms. The first-order chi connectivity index (χ1) is 7.41. The zero-order valence-electron chi connectivity index (χ0n) is 8.38. The summed E-state index contributed by atoms with van der Waals surface area (Å²) in [6.07, 6.45) is -2.52. The van der Waals surface area contributed by atoms with E-state index < -0.39 is 18.9 Å². The zero-order chi connectivity index (χ0) is 12.3. The minimum Gasteiger partial charge on any atom is -0.336 e. The monoisotopic (exact) mass is 355 g/mol. The summed E-state index contributed by atoms with van der Waals surface area (Å²) >= 11 is 6.47. The van der Waals surface area contributed by atoms with Crippen LogP contribution in [0.3, 0.4) is 0 Å². The zero-order valence-corrected chi connectivity index (χ0v) is 11.6. The molecule has 0 saturated heterocycles. The van der Waals surface area contributed by atoms with E-state index in [1.54, 1.807) is 18.2 Å². The van der Waals surface area contributed by atoms with E-state index in [-0.39, 0.29) is 0 Å². The van der Waals surface area contributed by atoms with Crippen LogP contribution in [0.4, 0.5) is 8.78 Å². The van der Waals surface area contributed by atoms with Crippen molar-refractivity contribution in [1.29, 1.82) is 0 Å². The average Bonchev–Trinajstić information content (AvgIpc) is 2.15. The second kappa shape index (κ2) is 5.72. The van der Waals surface area contributed by atoms with E-state index >= 15 is 0 Å². The van der Waals surface area contributed by atoms with Gasteiger partial charge in [0.1, 0.15) is 0 Å². The van der Waals surface area contributed by atoms with Crippen molar-refractivity contribution in [3.63, 3.8) is 0 Å². The summed E-state index contributed by atoms with van der Waals surface area (Å²) in [5, 5.41) is 0. The highest BCUT2D eigenvalue weighted by atomic mass is 79.9. The van der Waals surface area contributed by atoms with E-state index in [9.17, 15) is 13.6 Å². The van der Waals surface area contributed by atoms with Crippen LogP contribution >= 0.6 is 31.9 Å². The minimum atomic E-state index is -2.52. The van der Waals surface area contributed by atoms with Gasteiger partial charge in [-0.05, 0) is 34.1 Å². The van der Waals surface area contributed by atoms with Gasteiger partial charge in [-0.15, -0.1) is 0 Å². The lowest BCUT2D eigenvalue weighted by molar-refractivity contribution is 0.0619. The molecular weight excluding hydrogens is 348 g/mol. The standard InChI is InChI=1S/C10H9Br2F2NO/c1-15(5-9(13)14)10(16)7-3-2-6(11)4-8(7)12/h2-4,9H,5H2,1H3. The number of rotatable bonds is 3. The molecule has 1 rings (SSSR count). The second-order valence-electron chi connectivity index (χ2n) is 3.20. The Kier molecular flexibility index (Phi) is 4.86. The highest BCUT2D eigenvalue weighted by molar-refractivity contribution is 9.11. The van der Waals surface area contributed by atoms with Gasteiger partial charge in [0.2, 0.25) is 0 Å². The van der Waals surface area contributed by atoms with Gasteiger partial charge in [-0.2, -0.15) is 0 Å². The van der Waals surface area contributed by atoms with Crippen LogP contribution in [0.2, 0.25) is 0 Å². The number of carbonyl (C=O) groups is 1. The largest absolute Gasteiger partial charge is 0.336 e. The molecule has 6 heteroatoms. The van der Waals surface area contributed by atoms with Gasteiger partial charge in [0.05, 0.1) is 12.1 Å². The van der Waals surface area contributed by atoms with Crippen molar-refractivity contribution in [3.8, 4) is 0 Å². The van der Waals surface area contributed by atoms with Crippen LogP contribution in [0, 0.1) is 0 Å². The highest BCUT2D eigenvalue weighted by Crippen LogP contribution is 2.23. The van der Waals surface area contributed by atoms with Crippen molar-refractivity contribution >= 4 is 37.8 Å². The Morgan fingerprint density at radius 2 is 2.06 bits per heavy atom. The summed E-state index contributed by atoms with van der Waals surface area (Å²) in [4.78, 5) is 12.8. The number of hydrogen-bond donors (Lipinski definition) is 0. The van der Waals surface area contributed by atoms with Crippen molar-refractivity contribution in [2.24, 2.45) is 0 Å². The van der Waals surface area contributed by atoms with Crippen LogP contribution in [0.5, 0.6) is 0 Å². The van der Waals surface area contributed by atoms with Crippen LogP contribution < -0.4 is 0 Å². The summed E-state index contributed by atoms with van der Waals surface area (Å²) in [6.45, 7) is -0.568. The van der Waals surface area contributed by atoms with Gasteiger partial charge in [-0.25, -0.2) is 8.78 Å². The molecule has 0 heterocycles. The lowest BCUT2D eigenvalue weighted by Gasteiger charge is -2.17. The van der Waals surface area contributed by atoms with Crippen LogP contribution in [-0.4, -0.2) is 30.8 Å². The number of hydrogen-bond acceptors (Lipinski definition) is 1. The summed E-state index contributed by atoms with van der Waals surface area (Å²) in [5.74, 6) is -0.431. The lowest BCUT2D eigenvalue weighted by Crippen LogP contribution is -2.31. The van der Waals surface area contributed by atoms with Crippen molar-refractivity contribution in [2.75, 3.05) is 13.6 Å². The quantitative estimate of drug-likeness (QED) is 0.811. The van der Waals surface area contributed by atoms with E-state index in [4.69, 9.17) is 0 Å². The SMILES string of the molecule is CN(CC(F)F)C(=O)c1ccc(Br)cc1Br. The van der Waals surface area contributed by atoms with Gasteiger partial charge >= 0.3 is 0 Å². The molecule has 0 unspecified atom stereocenters. The van der Waals surface area contributed by atoms with E-state index in [0.717, 1.165) is 9.37 Å². The molecule has 0 aliphatic rings. The van der Waals surface area contributed by atoms with E-state index in [2.05, 4.69) is 31.9 Å². The first-order valence-corrected chi connectivity index (χ1v) is 5.99. The number of carbonyl (C=O) groups excluding carboxylic acids is 1. The first kappa shape index (κ1) is 13.6. The fourth-order valence-corrected chi connectivity index (χ4v) is 2.38. The predicted octanol–water partition coefficient (Wildman–Crippen LogP) is 3.55. The van der Waals surface area contributed by atoms with Gasteiger partial charge in [0.25, 0.3) is 12.3 Å². The molecule has 0 bridgehead atoms. The molecule has 0 fully saturated rings. The summed E-state index contributed by atoms with van der Waals surface area (Å²) < 4.78 is 25.6. The maximum Gasteiger partial charge on any atom is 0.255 e. The average molecular weight is 357 g/mol. The van der Waals surface area contributed by atoms with E-state index in [0.29, 0.717) is 10.0 Å². The molecule has 1 amide bonds. The number of alkyl halides is 2. The van der Waals surface area contributed by atoms with Gasteiger partial charge < -0.3 is 4.90 Å². The Morgan fingerprint density at radius 3 is 2.56 bits per heavy atom. The highest BCUT2D eigenvalue weighted by Gasteiger charge is 2.17. The molecule has 0 radical (unpaired) electrons. The Bertz CT molecular complexity index is 398. The summed E-state index contributed by atoms with van der Waals surface area (Å²) in [5.41, 5.74) is 0.367. The van der Waals surface area contributed by atoms with Gasteiger partial charge in [0.15, 0.2) is 0 Å². The fourth-order valence-electron chi connectivity index (χ4n) is 1.16. The Balaban J connectivity index is 2.88. The van der Waals surface area contributed by atoms with Crippen molar-refractivity contribution in [3.05, 3.63) is 32.7 Å². The third kappa shape index (κ3) is 3.52. The summed E-state index contributed by atoms with van der Waals surface area (Å²) in [7, 11) is 1.35. The number of amides is 1. The molecule has 0 aliphatic heterocycles. The molecular formula is C10H9Br2F2NO. The predicted molar refractivity (Wildman–Crippen MR) is 64.8 cm³/mol. The van der Waals surface area contributed by atoms with Crippen LogP contribution in [0.25, 0.3) is 0 Å². The molecule has 0 spiro atoms. The third-order valence-corrected chi connectivity index (χ3v) is 3.07. The maximum absolute atomic E-state index is 12.1. The molecule has 0 atom stereocenters. The summed E-state index contributed by atoms with van der Waals surface area (Å²) in [6, 6.07) is 4.97. The first-order valence-electron chi connectivity index (χ1n) is 4.40. The van der Waals surface area contributed by atoms with Gasteiger partial charge in [0, 0.05) is 16.0 Å². The van der Waals surface area contributed by atoms with Crippen LogP contribution in [0.1, 0.15) is 10.4 Å². The Morgan fingerprint density at radius 1 is 1.44 bits per heavy atom. The number of benzene rings is 1. The van der Waals surface area contributed by atoms with E-state index in [1.807, 2.05) is 0 Å². The minimum absolute atomic E-state index is 0.367. The van der Waals surface area contributed by atoms with Crippen LogP contribution in [-0.2, 0) is 0 Å². The second-order valence-corrected chi connectivity index (χ2v) is 4.97. The molecule has 0 saturated carbocycles. The van der Waals surface area contributed by atoms with Crippen molar-refractivity contribution in [1.82, 2.24) is 4.90 Å². The van der Waals surface area contributed by atoms with E-state index in [1.165, 1.54) is 7.05 Å². The molecule has 1 aromatic rings. The number of halogens is 4. The van der Waals surface area contributed by atoms with Crippen LogP contribution in [0.15, 0.2) is 27.1 Å². The molecule has 0 aliphatic carbocycles. The maximum atomic E-state index is 12.1. The Hall–Kier alpha value is -0.490. The fraction of sp³-hybridized carbons (Fsp3) is 0.300. The van der Waals surface area contributed by atoms with Crippen molar-refractivity contribution in [2.45, 2.75) is 6.43 Å². The normalized spacial score (nSPS) is 10.6. The van der Waals surface area contributed by atoms with Crippen molar-refractivity contribution < 1.29 is 13.6 Å². The molecule has 88 valence electrons. The topological polar surface area (TPSA) is 20.3 Å². The van der Waals surface area contributed by atoms with Gasteiger partial charge in [-0.3, -0.25) is 4.79 Å². The molecule has 1 aromatic carbocycles.